The first-order valence-electron chi connectivity index (χ1n) is 8.02. The number of likely N-dealkylation sites (N-methyl/N-ethyl adjacent to an activating group) is 1. The van der Waals surface area contributed by atoms with Gasteiger partial charge >= 0.3 is 0 Å². The van der Waals surface area contributed by atoms with Crippen molar-refractivity contribution in [2.24, 2.45) is 0 Å². The van der Waals surface area contributed by atoms with E-state index in [4.69, 9.17) is 4.74 Å². The van der Waals surface area contributed by atoms with Crippen LogP contribution in [0.5, 0.6) is 11.5 Å². The molecule has 2 aliphatic heterocycles. The lowest BCUT2D eigenvalue weighted by Crippen LogP contribution is -2.76. The molecular formula is C17H19NO5. The minimum Gasteiger partial charge on any atom is -0.504 e. The van der Waals surface area contributed by atoms with E-state index in [1.165, 1.54) is 0 Å². The van der Waals surface area contributed by atoms with Gasteiger partial charge < -0.3 is 20.1 Å². The molecule has 1 saturated carbocycles. The summed E-state index contributed by atoms with van der Waals surface area (Å²) in [5, 5.41) is 32.5. The zero-order valence-corrected chi connectivity index (χ0v) is 13.0. The molecule has 4 aliphatic rings. The van der Waals surface area contributed by atoms with Crippen molar-refractivity contribution in [3.8, 4) is 11.5 Å². The van der Waals surface area contributed by atoms with Crippen molar-refractivity contribution in [1.82, 2.24) is 4.90 Å². The lowest BCUT2D eigenvalue weighted by atomic mass is 9.54. The SMILES string of the molecule is C[C@H]1N(C)C2C[C@]34c5c2ccc(O)c5O[C@H]3C(=O)C[C@H](O)C14O. The average Bonchev–Trinajstić information content (AvgIpc) is 3.02. The van der Waals surface area contributed by atoms with Gasteiger partial charge in [-0.05, 0) is 32.0 Å². The van der Waals surface area contributed by atoms with E-state index in [2.05, 4.69) is 4.90 Å². The molecule has 5 rings (SSSR count). The molecule has 1 spiro atoms. The number of Topliss-reactive ketones (excluding diaryl/α,β-unsaturated/α-hetero) is 1. The van der Waals surface area contributed by atoms with E-state index in [1.807, 2.05) is 20.0 Å². The van der Waals surface area contributed by atoms with Crippen LogP contribution in [-0.4, -0.2) is 56.9 Å². The van der Waals surface area contributed by atoms with E-state index in [1.54, 1.807) is 6.07 Å². The molecule has 122 valence electrons. The number of carbonyl (C=O) groups excluding carboxylic acids is 1. The number of ketones is 1. The standard InChI is InChI=1S/C17H19NO5/c1-7-17(22)12(21)5-11(20)15-16(17)6-9(18(7)2)8-3-4-10(19)14(23-15)13(8)16/h3-4,7,9,12,15,19,21-22H,5-6H2,1-2H3/t7-,9?,12+,15+,16+,17?/m1/s1. The molecule has 1 saturated heterocycles. The van der Waals surface area contributed by atoms with E-state index >= 15 is 0 Å². The number of benzene rings is 1. The highest BCUT2D eigenvalue weighted by Gasteiger charge is 2.77. The first-order chi connectivity index (χ1) is 10.8. The van der Waals surface area contributed by atoms with Crippen molar-refractivity contribution in [2.45, 2.75) is 55.1 Å². The number of hydrogen-bond donors (Lipinski definition) is 3. The Labute approximate surface area is 133 Å². The van der Waals surface area contributed by atoms with Gasteiger partial charge in [0, 0.05) is 24.1 Å². The Morgan fingerprint density at radius 1 is 1.39 bits per heavy atom. The van der Waals surface area contributed by atoms with Crippen LogP contribution in [0.25, 0.3) is 0 Å². The van der Waals surface area contributed by atoms with E-state index < -0.39 is 23.2 Å². The highest BCUT2D eigenvalue weighted by molar-refractivity contribution is 5.91. The van der Waals surface area contributed by atoms with Crippen LogP contribution in [0.2, 0.25) is 0 Å². The zero-order chi connectivity index (χ0) is 16.3. The van der Waals surface area contributed by atoms with Gasteiger partial charge in [0.2, 0.25) is 0 Å². The predicted octanol–water partition coefficient (Wildman–Crippen LogP) is 0.234. The summed E-state index contributed by atoms with van der Waals surface area (Å²) in [6.45, 7) is 1.88. The largest absolute Gasteiger partial charge is 0.504 e. The third-order valence-electron chi connectivity index (χ3n) is 6.82. The first kappa shape index (κ1) is 13.8. The fourth-order valence-electron chi connectivity index (χ4n) is 5.68. The number of hydrogen-bond acceptors (Lipinski definition) is 6. The van der Waals surface area contributed by atoms with Crippen molar-refractivity contribution >= 4 is 5.78 Å². The first-order valence-corrected chi connectivity index (χ1v) is 8.02. The highest BCUT2D eigenvalue weighted by atomic mass is 16.5. The van der Waals surface area contributed by atoms with Crippen LogP contribution in [0.15, 0.2) is 12.1 Å². The predicted molar refractivity (Wildman–Crippen MR) is 79.4 cm³/mol. The number of fused-ring (bicyclic) bond motifs is 2. The summed E-state index contributed by atoms with van der Waals surface area (Å²) in [7, 11) is 1.93. The van der Waals surface area contributed by atoms with Crippen LogP contribution in [-0.2, 0) is 10.2 Å². The topological polar surface area (TPSA) is 90.2 Å². The summed E-state index contributed by atoms with van der Waals surface area (Å²) >= 11 is 0. The summed E-state index contributed by atoms with van der Waals surface area (Å²) in [5.74, 6) is 0.0829. The summed E-state index contributed by atoms with van der Waals surface area (Å²) in [4.78, 5) is 14.6. The third-order valence-corrected chi connectivity index (χ3v) is 6.82. The van der Waals surface area contributed by atoms with E-state index in [9.17, 15) is 20.1 Å². The van der Waals surface area contributed by atoms with Crippen molar-refractivity contribution in [3.63, 3.8) is 0 Å². The van der Waals surface area contributed by atoms with Crippen molar-refractivity contribution < 1.29 is 24.9 Å². The molecule has 1 aromatic carbocycles. The maximum atomic E-state index is 12.6. The van der Waals surface area contributed by atoms with Gasteiger partial charge in [0.25, 0.3) is 0 Å². The van der Waals surface area contributed by atoms with E-state index in [0.29, 0.717) is 12.2 Å². The number of carbonyl (C=O) groups is 1. The Morgan fingerprint density at radius 3 is 2.87 bits per heavy atom. The molecule has 2 heterocycles. The summed E-state index contributed by atoms with van der Waals surface area (Å²) in [5.41, 5.74) is -0.756. The second kappa shape index (κ2) is 3.71. The summed E-state index contributed by atoms with van der Waals surface area (Å²) < 4.78 is 5.85. The van der Waals surface area contributed by atoms with Gasteiger partial charge in [-0.3, -0.25) is 9.69 Å². The van der Waals surface area contributed by atoms with Gasteiger partial charge in [-0.25, -0.2) is 0 Å². The Bertz CT molecular complexity index is 764. The quantitative estimate of drug-likeness (QED) is 0.635. The summed E-state index contributed by atoms with van der Waals surface area (Å²) in [6, 6.07) is 3.14. The number of nitrogens with zero attached hydrogens (tertiary/aromatic N) is 1. The minimum absolute atomic E-state index is 0.0139. The third kappa shape index (κ3) is 1.15. The molecule has 0 radical (unpaired) electrons. The molecule has 2 bridgehead atoms. The molecule has 23 heavy (non-hydrogen) atoms. The van der Waals surface area contributed by atoms with Crippen LogP contribution in [0, 0.1) is 0 Å². The van der Waals surface area contributed by atoms with Crippen LogP contribution >= 0.6 is 0 Å². The monoisotopic (exact) mass is 317 g/mol. The van der Waals surface area contributed by atoms with Gasteiger partial charge in [-0.1, -0.05) is 6.07 Å². The number of phenolic OH excluding ortho intramolecular Hbond substituents is 1. The molecule has 2 fully saturated rings. The molecule has 3 N–H and O–H groups in total. The number of phenols is 1. The Morgan fingerprint density at radius 2 is 2.13 bits per heavy atom. The molecule has 6 nitrogen and oxygen atoms in total. The molecule has 0 amide bonds. The van der Waals surface area contributed by atoms with E-state index in [-0.39, 0.29) is 30.0 Å². The lowest BCUT2D eigenvalue weighted by Gasteiger charge is -2.59. The Balaban J connectivity index is 1.91. The van der Waals surface area contributed by atoms with Gasteiger partial charge in [0.1, 0.15) is 5.60 Å². The molecule has 6 atom stereocenters. The maximum Gasteiger partial charge on any atom is 0.177 e. The number of rotatable bonds is 0. The number of aliphatic hydroxyl groups excluding tert-OH is 1. The zero-order valence-electron chi connectivity index (χ0n) is 13.0. The Kier molecular flexibility index (Phi) is 2.22. The molecule has 2 unspecified atom stereocenters. The Hall–Kier alpha value is -1.63. The second-order valence-electron chi connectivity index (χ2n) is 7.42. The average molecular weight is 317 g/mol. The minimum atomic E-state index is -1.48. The number of piperidine rings is 1. The normalized spacial score (nSPS) is 46.7. The van der Waals surface area contributed by atoms with Crippen molar-refractivity contribution in [3.05, 3.63) is 23.3 Å². The fourth-order valence-corrected chi connectivity index (χ4v) is 5.68. The van der Waals surface area contributed by atoms with Crippen LogP contribution in [0.1, 0.15) is 36.9 Å². The van der Waals surface area contributed by atoms with Crippen molar-refractivity contribution in [1.29, 1.82) is 0 Å². The van der Waals surface area contributed by atoms with Crippen LogP contribution in [0.4, 0.5) is 0 Å². The smallest absolute Gasteiger partial charge is 0.177 e. The number of ether oxygens (including phenoxy) is 1. The van der Waals surface area contributed by atoms with Crippen LogP contribution < -0.4 is 4.74 Å². The van der Waals surface area contributed by atoms with Gasteiger partial charge in [-0.2, -0.15) is 0 Å². The van der Waals surface area contributed by atoms with Gasteiger partial charge in [0.15, 0.2) is 23.4 Å². The second-order valence-corrected chi connectivity index (χ2v) is 7.42. The van der Waals surface area contributed by atoms with Gasteiger partial charge in [0.05, 0.1) is 11.5 Å². The number of aromatic hydroxyl groups is 1. The summed E-state index contributed by atoms with van der Waals surface area (Å²) in [6.07, 6.45) is -1.59. The molecular weight excluding hydrogens is 298 g/mol. The van der Waals surface area contributed by atoms with Crippen LogP contribution in [0.3, 0.4) is 0 Å². The fraction of sp³-hybridized carbons (Fsp3) is 0.588. The molecule has 0 aromatic heterocycles. The molecule has 1 aromatic rings. The lowest BCUT2D eigenvalue weighted by molar-refractivity contribution is -0.223. The highest BCUT2D eigenvalue weighted by Crippen LogP contribution is 2.69. The molecule has 2 aliphatic carbocycles. The number of aliphatic hydroxyl groups is 2. The maximum absolute atomic E-state index is 12.6. The number of likely N-dealkylation sites (tertiary alicyclic amines) is 1. The molecule has 6 heteroatoms. The van der Waals surface area contributed by atoms with Crippen molar-refractivity contribution in [2.75, 3.05) is 7.05 Å². The van der Waals surface area contributed by atoms with Gasteiger partial charge in [-0.15, -0.1) is 0 Å². The van der Waals surface area contributed by atoms with E-state index in [0.717, 1.165) is 11.1 Å².